The van der Waals surface area contributed by atoms with Crippen molar-refractivity contribution in [1.82, 2.24) is 36.0 Å². The highest BCUT2D eigenvalue weighted by Gasteiger charge is 2.45. The lowest BCUT2D eigenvalue weighted by Crippen LogP contribution is -2.55. The highest BCUT2D eigenvalue weighted by Crippen LogP contribution is 2.42. The average Bonchev–Trinajstić information content (AvgIpc) is 3.39. The van der Waals surface area contributed by atoms with E-state index < -0.39 is 84.3 Å². The Kier molecular flexibility index (Phi) is 19.1. The van der Waals surface area contributed by atoms with Crippen LogP contribution in [0.1, 0.15) is 111 Å². The van der Waals surface area contributed by atoms with Gasteiger partial charge in [-0.15, -0.1) is 0 Å². The molecule has 5 aliphatic heterocycles. The topological polar surface area (TPSA) is 284 Å². The lowest BCUT2D eigenvalue weighted by Gasteiger charge is -2.31. The minimum Gasteiger partial charge on any atom is -0.493 e. The zero-order valence-electron chi connectivity index (χ0n) is 47.1. The van der Waals surface area contributed by atoms with Gasteiger partial charge in [-0.1, -0.05) is 49.3 Å². The van der Waals surface area contributed by atoms with E-state index in [1.807, 2.05) is 44.0 Å². The highest BCUT2D eigenvalue weighted by atomic mass is 16.6. The van der Waals surface area contributed by atoms with Gasteiger partial charge in [0.2, 0.25) is 23.6 Å². The number of nitrogens with zero attached hydrogens (tertiary/aromatic N) is 4. The van der Waals surface area contributed by atoms with E-state index in [1.54, 1.807) is 51.2 Å². The molecule has 23 nitrogen and oxygen atoms in total. The number of ether oxygens (including phenoxy) is 4. The molecule has 8 rings (SSSR count). The lowest BCUT2D eigenvalue weighted by atomic mass is 10.0. The molecule has 82 heavy (non-hydrogen) atoms. The van der Waals surface area contributed by atoms with Gasteiger partial charge in [-0.05, 0) is 94.5 Å². The Morgan fingerprint density at radius 1 is 0.756 bits per heavy atom. The SMILES string of the molecule is COc1cc2c(cc1OCCCCCOc1cc3c(cc1C)C(=O)N1C=C(C)C[C@H]1CN3)N(C(=O)OCc1ccc(CN[C@@H](C)C(=O)N[C@H](C(=O)NC(=O)CNC(=O)CCN3C(=O)C=CC3=O)C(C)C)cc1)[C@@H](O)[C@@H]1CC(C)=CN1C2=O. The number of hydrogen-bond donors (Lipinski definition) is 6. The predicted molar refractivity (Wildman–Crippen MR) is 299 cm³/mol. The number of nitrogens with one attached hydrogen (secondary N) is 5. The maximum Gasteiger partial charge on any atom is 0.416 e. The largest absolute Gasteiger partial charge is 0.493 e. The molecule has 5 heterocycles. The summed E-state index contributed by atoms with van der Waals surface area (Å²) in [7, 11) is 1.45. The van der Waals surface area contributed by atoms with Gasteiger partial charge in [0, 0.05) is 62.7 Å². The molecule has 436 valence electrons. The van der Waals surface area contributed by atoms with Crippen molar-refractivity contribution in [1.29, 1.82) is 0 Å². The molecule has 3 aromatic rings. The first-order chi connectivity index (χ1) is 39.2. The number of methoxy groups -OCH3 is 1. The number of rotatable bonds is 23. The van der Waals surface area contributed by atoms with Crippen molar-refractivity contribution in [2.24, 2.45) is 5.92 Å². The van der Waals surface area contributed by atoms with E-state index >= 15 is 0 Å². The molecule has 5 atom stereocenters. The standard InChI is InChI=1S/C59H71N9O14/c1-33(2)53(55(74)63-50(70)29-62-49(69)17-18-65-51(71)15-16-52(65)72)64-54(73)37(6)60-27-38-11-13-39(14-12-38)32-82-59(78)68-44-26-48(47(79-7)24-42(44)57(76)67-31-35(4)22-45(67)58(68)77)81-20-10-8-9-19-80-46-25-43-41(23-36(46)5)56(75)66-30-34(3)21-40(66)28-61-43/h11-16,23-26,30-31,33,37,40,45,53,58,60-61,77H,8-10,17-22,27-29,32H2,1-7H3,(H,62,69)(H,64,73)(H,63,70,74)/t37-,40-,45-,53-,58-/m0/s1. The van der Waals surface area contributed by atoms with E-state index in [0.29, 0.717) is 42.9 Å². The Morgan fingerprint density at radius 3 is 2.11 bits per heavy atom. The zero-order valence-corrected chi connectivity index (χ0v) is 47.1. The molecule has 9 amide bonds. The molecule has 0 fully saturated rings. The molecule has 23 heteroatoms. The first kappa shape index (κ1) is 59.5. The van der Waals surface area contributed by atoms with Gasteiger partial charge in [0.25, 0.3) is 23.6 Å². The summed E-state index contributed by atoms with van der Waals surface area (Å²) in [5.41, 5.74) is 5.85. The number of carbonyl (C=O) groups excluding carboxylic acids is 9. The first-order valence-corrected chi connectivity index (χ1v) is 27.5. The number of unbranched alkanes of at least 4 members (excludes halogenated alkanes) is 2. The summed E-state index contributed by atoms with van der Waals surface area (Å²) >= 11 is 0. The summed E-state index contributed by atoms with van der Waals surface area (Å²) in [5.74, 6) is -3.45. The number of imide groups is 2. The van der Waals surface area contributed by atoms with Crippen LogP contribution in [0.5, 0.6) is 17.2 Å². The monoisotopic (exact) mass is 1130 g/mol. The summed E-state index contributed by atoms with van der Waals surface area (Å²) in [5, 5.41) is 25.7. The smallest absolute Gasteiger partial charge is 0.416 e. The second-order valence-electron chi connectivity index (χ2n) is 21.4. The maximum absolute atomic E-state index is 14.2. The minimum absolute atomic E-state index is 0.0186. The molecular weight excluding hydrogens is 1060 g/mol. The fraction of sp³-hybridized carbons (Fsp3) is 0.441. The Bertz CT molecular complexity index is 3080. The maximum atomic E-state index is 14.2. The van der Waals surface area contributed by atoms with Crippen molar-refractivity contribution in [3.63, 3.8) is 0 Å². The molecule has 0 bridgehead atoms. The van der Waals surface area contributed by atoms with Crippen molar-refractivity contribution in [3.05, 3.63) is 112 Å². The van der Waals surface area contributed by atoms with Crippen LogP contribution in [-0.2, 0) is 46.7 Å². The van der Waals surface area contributed by atoms with Crippen LogP contribution < -0.4 is 45.7 Å². The summed E-state index contributed by atoms with van der Waals surface area (Å²) in [4.78, 5) is 121. The van der Waals surface area contributed by atoms with Gasteiger partial charge in [0.15, 0.2) is 17.7 Å². The molecule has 5 aliphatic rings. The zero-order chi connectivity index (χ0) is 58.9. The number of anilines is 2. The lowest BCUT2D eigenvalue weighted by molar-refractivity contribution is -0.138. The fourth-order valence-electron chi connectivity index (χ4n) is 10.2. The van der Waals surface area contributed by atoms with Crippen molar-refractivity contribution in [2.45, 2.75) is 124 Å². The summed E-state index contributed by atoms with van der Waals surface area (Å²) in [6.45, 7) is 11.5. The van der Waals surface area contributed by atoms with Crippen LogP contribution in [-0.4, -0.2) is 144 Å². The Hall–Kier alpha value is -8.57. The normalized spacial score (nSPS) is 18.7. The molecule has 0 aromatic heterocycles. The number of fused-ring (bicyclic) bond motifs is 4. The van der Waals surface area contributed by atoms with E-state index in [0.717, 1.165) is 63.6 Å². The Labute approximate surface area is 475 Å². The van der Waals surface area contributed by atoms with Crippen LogP contribution in [0.2, 0.25) is 0 Å². The second kappa shape index (κ2) is 26.3. The molecule has 0 unspecified atom stereocenters. The van der Waals surface area contributed by atoms with Gasteiger partial charge in [0.05, 0.1) is 67.5 Å². The summed E-state index contributed by atoms with van der Waals surface area (Å²) in [6.07, 6.45) is 6.43. The Balaban J connectivity index is 0.813. The second-order valence-corrected chi connectivity index (χ2v) is 21.4. The third-order valence-electron chi connectivity index (χ3n) is 14.8. The molecule has 6 N–H and O–H groups in total. The van der Waals surface area contributed by atoms with Gasteiger partial charge in [-0.2, -0.15) is 0 Å². The Morgan fingerprint density at radius 2 is 1.41 bits per heavy atom. The quantitative estimate of drug-likeness (QED) is 0.0565. The molecular formula is C59H71N9O14. The summed E-state index contributed by atoms with van der Waals surface area (Å²) < 4.78 is 23.9. The molecule has 0 aliphatic carbocycles. The van der Waals surface area contributed by atoms with Gasteiger partial charge in [0.1, 0.15) is 18.4 Å². The van der Waals surface area contributed by atoms with Crippen LogP contribution >= 0.6 is 0 Å². The number of aliphatic hydroxyl groups excluding tert-OH is 1. The van der Waals surface area contributed by atoms with E-state index in [2.05, 4.69) is 26.6 Å². The third kappa shape index (κ3) is 13.9. The number of hydrogen-bond acceptors (Lipinski definition) is 16. The number of amides is 9. The third-order valence-corrected chi connectivity index (χ3v) is 14.8. The van der Waals surface area contributed by atoms with Gasteiger partial charge >= 0.3 is 6.09 Å². The number of benzene rings is 3. The predicted octanol–water partition coefficient (Wildman–Crippen LogP) is 4.46. The van der Waals surface area contributed by atoms with Crippen molar-refractivity contribution in [2.75, 3.05) is 50.2 Å². The van der Waals surface area contributed by atoms with Crippen LogP contribution in [0.3, 0.4) is 0 Å². The van der Waals surface area contributed by atoms with Crippen molar-refractivity contribution < 1.29 is 67.2 Å². The number of carbonyl (C=O) groups is 9. The van der Waals surface area contributed by atoms with Gasteiger partial charge in [-0.25, -0.2) is 9.69 Å². The van der Waals surface area contributed by atoms with E-state index in [1.165, 1.54) is 29.7 Å². The van der Waals surface area contributed by atoms with E-state index in [4.69, 9.17) is 18.9 Å². The van der Waals surface area contributed by atoms with Crippen LogP contribution in [0.15, 0.2) is 84.2 Å². The molecule has 0 saturated carbocycles. The first-order valence-electron chi connectivity index (χ1n) is 27.5. The molecule has 3 aromatic carbocycles. The van der Waals surface area contributed by atoms with E-state index in [-0.39, 0.29) is 67.4 Å². The van der Waals surface area contributed by atoms with Crippen LogP contribution in [0.4, 0.5) is 16.2 Å². The molecule has 0 spiro atoms. The molecule has 0 radical (unpaired) electrons. The van der Waals surface area contributed by atoms with Crippen LogP contribution in [0.25, 0.3) is 0 Å². The summed E-state index contributed by atoms with van der Waals surface area (Å²) in [6, 6.07) is 11.3. The van der Waals surface area contributed by atoms with Crippen LogP contribution in [0, 0.1) is 12.8 Å². The van der Waals surface area contributed by atoms with Crippen molar-refractivity contribution in [3.8, 4) is 17.2 Å². The van der Waals surface area contributed by atoms with Gasteiger partial charge in [-0.3, -0.25) is 48.6 Å². The average molecular weight is 1130 g/mol. The van der Waals surface area contributed by atoms with E-state index in [9.17, 15) is 48.3 Å². The fourth-order valence-corrected chi connectivity index (χ4v) is 10.2. The number of aryl methyl sites for hydroxylation is 1. The van der Waals surface area contributed by atoms with Gasteiger partial charge < -0.3 is 55.1 Å². The minimum atomic E-state index is -1.50. The highest BCUT2D eigenvalue weighted by molar-refractivity contribution is 6.13. The number of aliphatic hydroxyl groups is 1. The molecule has 0 saturated heterocycles. The van der Waals surface area contributed by atoms with Crippen molar-refractivity contribution >= 4 is 64.7 Å².